The first-order valence-corrected chi connectivity index (χ1v) is 45.1. The summed E-state index contributed by atoms with van der Waals surface area (Å²) in [5.41, 5.74) is -5.36. The fraction of sp³-hybridized carbons (Fsp3) is 0.573. The molecule has 6 aromatic carbocycles. The largest absolute Gasteiger partial charge is 0.416 e. The van der Waals surface area contributed by atoms with E-state index >= 15 is 0 Å². The summed E-state index contributed by atoms with van der Waals surface area (Å²) in [6, 6.07) is 11.4. The molecule has 0 radical (unpaired) electrons. The summed E-state index contributed by atoms with van der Waals surface area (Å²) in [4.78, 5) is 84.7. The van der Waals surface area contributed by atoms with Gasteiger partial charge in [0.1, 0.15) is 17.5 Å². The molecule has 38 heteroatoms. The van der Waals surface area contributed by atoms with Gasteiger partial charge in [0.15, 0.2) is 0 Å². The van der Waals surface area contributed by atoms with Crippen molar-refractivity contribution >= 4 is 29.9 Å². The maximum absolute atomic E-state index is 14.2. The zero-order valence-electron chi connectivity index (χ0n) is 75.8. The Bertz CT molecular complexity index is 5110. The van der Waals surface area contributed by atoms with Gasteiger partial charge in [-0.1, -0.05) is 18.2 Å². The van der Waals surface area contributed by atoms with Gasteiger partial charge in [-0.25, -0.2) is 27.6 Å². The monoisotopic (exact) mass is 1910 g/mol. The highest BCUT2D eigenvalue weighted by atomic mass is 19.4. The normalized spacial score (nSPS) is 24.0. The van der Waals surface area contributed by atoms with E-state index in [9.17, 15) is 116 Å². The van der Waals surface area contributed by atoms with Gasteiger partial charge in [-0.2, -0.15) is 79.0 Å². The molecular formula is C96H111F21N10O7. The molecule has 0 aromatic heterocycles. The Balaban J connectivity index is 0.000000171. The zero-order valence-corrected chi connectivity index (χ0v) is 75.8. The van der Waals surface area contributed by atoms with Crippen LogP contribution in [-0.4, -0.2) is 211 Å². The summed E-state index contributed by atoms with van der Waals surface area (Å²) in [6.45, 7) is 19.7. The van der Waals surface area contributed by atoms with Crippen molar-refractivity contribution in [1.29, 1.82) is 0 Å². The smallest absolute Gasteiger partial charge is 0.381 e. The topological polar surface area (TPSA) is 136 Å². The number of likely N-dealkylation sites (tertiary alicyclic amines) is 7. The Hall–Kier alpha value is -9.56. The van der Waals surface area contributed by atoms with Crippen LogP contribution >= 0.6 is 0 Å². The molecule has 0 N–H and O–H groups in total. The fourth-order valence-corrected chi connectivity index (χ4v) is 21.5. The van der Waals surface area contributed by atoms with Gasteiger partial charge in [-0.05, 0) is 258 Å². The Kier molecular flexibility index (Phi) is 30.6. The van der Waals surface area contributed by atoms with Crippen molar-refractivity contribution in [2.75, 3.05) is 120 Å². The number of nitrogens with zero attached hydrogens (tertiary/aromatic N) is 10. The van der Waals surface area contributed by atoms with Crippen molar-refractivity contribution in [3.05, 3.63) is 210 Å². The van der Waals surface area contributed by atoms with E-state index in [1.54, 1.807) is 60.6 Å². The van der Waals surface area contributed by atoms with Crippen LogP contribution in [0.4, 0.5) is 107 Å². The summed E-state index contributed by atoms with van der Waals surface area (Å²) >= 11 is 0. The van der Waals surface area contributed by atoms with Gasteiger partial charge in [0.2, 0.25) is 11.8 Å². The minimum Gasteiger partial charge on any atom is -0.381 e. The van der Waals surface area contributed by atoms with Gasteiger partial charge in [0.25, 0.3) is 0 Å². The molecule has 9 aliphatic heterocycles. The highest BCUT2D eigenvalue weighted by Crippen LogP contribution is 2.53. The molecule has 0 saturated carbocycles. The average Bonchev–Trinajstić information content (AvgIpc) is 1.58. The first-order chi connectivity index (χ1) is 62.7. The van der Waals surface area contributed by atoms with E-state index in [0.717, 1.165) is 61.3 Å². The van der Waals surface area contributed by atoms with E-state index in [2.05, 4.69) is 9.80 Å². The van der Waals surface area contributed by atoms with E-state index in [4.69, 9.17) is 9.47 Å². The Morgan fingerprint density at radius 3 is 0.903 bits per heavy atom. The van der Waals surface area contributed by atoms with E-state index < -0.39 is 142 Å². The van der Waals surface area contributed by atoms with Crippen LogP contribution in [0, 0.1) is 79.6 Å². The number of alkyl halides is 18. The number of ether oxygens (including phenoxy) is 2. The lowest BCUT2D eigenvalue weighted by molar-refractivity contribution is -0.144. The molecule has 15 rings (SSSR count). The summed E-state index contributed by atoms with van der Waals surface area (Å²) in [5.74, 6) is -0.998. The Morgan fingerprint density at radius 2 is 0.619 bits per heavy atom. The number of fused-ring (bicyclic) bond motifs is 3. The first-order valence-electron chi connectivity index (χ1n) is 45.1. The van der Waals surface area contributed by atoms with Crippen molar-refractivity contribution in [2.45, 2.75) is 192 Å². The molecule has 9 saturated heterocycles. The van der Waals surface area contributed by atoms with Crippen LogP contribution in [0.1, 0.15) is 205 Å². The van der Waals surface area contributed by atoms with E-state index in [1.165, 1.54) is 88.1 Å². The second kappa shape index (κ2) is 40.2. The molecule has 3 unspecified atom stereocenters. The van der Waals surface area contributed by atoms with Gasteiger partial charge in [0.05, 0.1) is 69.6 Å². The fourth-order valence-electron chi connectivity index (χ4n) is 21.5. The Morgan fingerprint density at radius 1 is 0.343 bits per heavy atom. The molecule has 6 aromatic rings. The predicted octanol–water partition coefficient (Wildman–Crippen LogP) is 22.0. The van der Waals surface area contributed by atoms with Crippen LogP contribution in [0.15, 0.2) is 109 Å². The number of benzene rings is 6. The van der Waals surface area contributed by atoms with Crippen LogP contribution in [-0.2, 0) is 56.1 Å². The van der Waals surface area contributed by atoms with E-state index in [-0.39, 0.29) is 101 Å². The lowest BCUT2D eigenvalue weighted by Crippen LogP contribution is -2.51. The van der Waals surface area contributed by atoms with Crippen LogP contribution in [0.3, 0.4) is 0 Å². The number of aryl methyl sites for hydroxylation is 3. The number of halogens is 21. The highest BCUT2D eigenvalue weighted by molar-refractivity contribution is 5.80. The molecule has 12 atom stereocenters. The summed E-state index contributed by atoms with van der Waals surface area (Å²) in [5, 5.41) is 0. The Labute approximate surface area is 764 Å². The maximum atomic E-state index is 14.2. The molecule has 8 amide bonds. The lowest BCUT2D eigenvalue weighted by atomic mass is 9.78. The molecule has 134 heavy (non-hydrogen) atoms. The summed E-state index contributed by atoms with van der Waals surface area (Å²) in [6.07, 6.45) is -23.4. The maximum Gasteiger partial charge on any atom is 0.416 e. The van der Waals surface area contributed by atoms with Crippen LogP contribution in [0.25, 0.3) is 0 Å². The molecular weight excluding hydrogens is 1800 g/mol. The molecule has 17 nitrogen and oxygen atoms in total. The molecule has 0 bridgehead atoms. The van der Waals surface area contributed by atoms with E-state index in [0.29, 0.717) is 169 Å². The molecule has 9 aliphatic rings. The first kappa shape index (κ1) is 102. The lowest BCUT2D eigenvalue weighted by Gasteiger charge is -2.45. The van der Waals surface area contributed by atoms with Gasteiger partial charge in [-0.15, -0.1) is 0 Å². The van der Waals surface area contributed by atoms with Crippen molar-refractivity contribution in [3.63, 3.8) is 0 Å². The second-order valence-corrected chi connectivity index (χ2v) is 37.4. The number of rotatable bonds is 12. The number of carbonyl (C=O) groups is 5. The van der Waals surface area contributed by atoms with Crippen LogP contribution in [0.5, 0.6) is 0 Å². The zero-order chi connectivity index (χ0) is 97.8. The summed E-state index contributed by atoms with van der Waals surface area (Å²) in [7, 11) is 4.12. The van der Waals surface area contributed by atoms with Gasteiger partial charge in [0, 0.05) is 162 Å². The van der Waals surface area contributed by atoms with E-state index in [1.807, 2.05) is 9.80 Å². The van der Waals surface area contributed by atoms with Crippen LogP contribution < -0.4 is 0 Å². The minimum atomic E-state index is -5.03. The molecule has 734 valence electrons. The number of hydrogen-bond donors (Lipinski definition) is 0. The number of hydrogen-bond acceptors (Lipinski definition) is 9. The van der Waals surface area contributed by atoms with Gasteiger partial charge >= 0.3 is 55.2 Å². The van der Waals surface area contributed by atoms with Crippen molar-refractivity contribution < 1.29 is 126 Å². The predicted molar refractivity (Wildman–Crippen MR) is 453 cm³/mol. The average molecular weight is 1920 g/mol. The highest BCUT2D eigenvalue weighted by Gasteiger charge is 2.54. The minimum absolute atomic E-state index is 0.0261. The van der Waals surface area contributed by atoms with Crippen molar-refractivity contribution in [3.8, 4) is 0 Å². The molecule has 9 heterocycles. The third kappa shape index (κ3) is 22.6. The van der Waals surface area contributed by atoms with Crippen molar-refractivity contribution in [1.82, 2.24) is 49.0 Å². The van der Waals surface area contributed by atoms with Crippen molar-refractivity contribution in [2.24, 2.45) is 41.4 Å². The molecule has 0 aliphatic carbocycles. The number of piperidine rings is 4. The molecule has 0 spiro atoms. The number of urea groups is 3. The van der Waals surface area contributed by atoms with Gasteiger partial charge < -0.3 is 48.7 Å². The molecule has 9 fully saturated rings. The van der Waals surface area contributed by atoms with Gasteiger partial charge in [-0.3, -0.25) is 19.4 Å². The standard InChI is InChI=1S/C33H39F7N4O2.C32H36F7N3O3.C31H36F7N3O2/c1-19-13-26(34)5-6-28(19)30-29-18-43(27-8-10-42(11-9-27)21(3)45)17-22(29)7-12-44(30)31(46)41(4)20(2)23-14-24(32(35,36)37)16-25(15-23)33(38,39)40;1-18-12-25(33)4-5-26(18)28-27-17-41(29(43)20-7-10-45-11-8-20)16-21(27)6-9-42(28)30(44)40(3)19(2)22-13-23(31(34,35)36)15-24(14-22)32(37,38)39;1-18-12-24(32)4-5-26(18)28-27-17-40(25-7-10-43-11-8-25)16-20(27)6-9-41(28)29(42)39(3)19(2)21-13-22(30(33,34)35)15-23(14-21)31(36,37)38/h5-6,13-16,20,22,27,29-30H,7-12,17-18H2,1-4H3;4-5,12-15,19-21,27-28H,6-11,16-17H2,1-3H3;4-5,12-15,19-20,25,27-28H,6-11,16-17H2,1-3H3/t20-,22-,29?,30+;19-,21-,27?,28+;19-,20-,27?,28+/m111/s1. The summed E-state index contributed by atoms with van der Waals surface area (Å²) < 4.78 is 298. The third-order valence-electron chi connectivity index (χ3n) is 29.3. The van der Waals surface area contributed by atoms with Crippen LogP contribution in [0.2, 0.25) is 0 Å². The second-order valence-electron chi connectivity index (χ2n) is 37.4. The number of amides is 8. The third-order valence-corrected chi connectivity index (χ3v) is 29.3. The quantitative estimate of drug-likeness (QED) is 0.110. The SMILES string of the molecule is CC(=O)N1CCC(N2CC3[C@H](CCN(C(=O)N(C)[C@H](C)c4cc(C(F)(F)F)cc(C(F)(F)F)c4)[C@H]3c3ccc(F)cc3C)C2)CC1.Cc1cc(F)ccc1[C@H]1C2CN(C(=O)C3CCOCC3)C[C@H]2CCN1C(=O)N(C)[C@H](C)c1cc(C(F)(F)F)cc(C(F)(F)F)c1.Cc1cc(F)ccc1[C@H]1C2CN(C3CCOCC3)C[C@H]2CCN1C(=O)N(C)[C@H](C)c1cc(C(F)(F)F)cc(C(F)(F)F)c1. The number of carbonyl (C=O) groups excluding carboxylic acids is 5.